The Morgan fingerprint density at radius 2 is 2.06 bits per heavy atom. The van der Waals surface area contributed by atoms with Gasteiger partial charge in [0.2, 0.25) is 0 Å². The molecule has 1 aliphatic rings. The molecule has 0 aromatic heterocycles. The van der Waals surface area contributed by atoms with Gasteiger partial charge in [-0.1, -0.05) is 19.8 Å². The summed E-state index contributed by atoms with van der Waals surface area (Å²) in [6.07, 6.45) is 5.54. The molecule has 1 saturated heterocycles. The minimum Gasteiger partial charge on any atom is -0.333 e. The summed E-state index contributed by atoms with van der Waals surface area (Å²) < 4.78 is 0. The van der Waals surface area contributed by atoms with Crippen LogP contribution in [-0.4, -0.2) is 35.8 Å². The molecule has 0 aromatic rings. The summed E-state index contributed by atoms with van der Waals surface area (Å²) in [7, 11) is 1.85. The van der Waals surface area contributed by atoms with Gasteiger partial charge >= 0.3 is 6.03 Å². The van der Waals surface area contributed by atoms with Crippen LogP contribution in [0, 0.1) is 0 Å². The molecule has 1 N–H and O–H groups in total. The van der Waals surface area contributed by atoms with E-state index < -0.39 is 0 Å². The first-order chi connectivity index (χ1) is 8.06. The zero-order chi connectivity index (χ0) is 12.8. The van der Waals surface area contributed by atoms with Crippen molar-refractivity contribution in [1.82, 2.24) is 10.2 Å². The normalized spacial score (nSPS) is 23.9. The molecule has 0 aromatic carbocycles. The van der Waals surface area contributed by atoms with E-state index >= 15 is 0 Å². The Balaban J connectivity index is 2.14. The van der Waals surface area contributed by atoms with E-state index in [2.05, 4.69) is 5.32 Å². The second kappa shape index (κ2) is 6.62. The SMILES string of the molecule is CCC(=O)CCCCC[C@@H]1[C@H](C)NC(=O)N1C. The lowest BCUT2D eigenvalue weighted by Gasteiger charge is -2.20. The van der Waals surface area contributed by atoms with Crippen LogP contribution in [0.15, 0.2) is 0 Å². The fourth-order valence-electron chi connectivity index (χ4n) is 2.35. The number of hydrogen-bond donors (Lipinski definition) is 1. The topological polar surface area (TPSA) is 49.4 Å². The van der Waals surface area contributed by atoms with E-state index in [0.29, 0.717) is 24.7 Å². The summed E-state index contributed by atoms with van der Waals surface area (Å²) in [6.45, 7) is 3.96. The summed E-state index contributed by atoms with van der Waals surface area (Å²) in [5, 5.41) is 2.92. The van der Waals surface area contributed by atoms with Gasteiger partial charge in [-0.3, -0.25) is 4.79 Å². The number of hydrogen-bond acceptors (Lipinski definition) is 2. The lowest BCUT2D eigenvalue weighted by atomic mass is 10.0. The van der Waals surface area contributed by atoms with E-state index in [1.807, 2.05) is 20.9 Å². The Labute approximate surface area is 104 Å². The number of nitrogens with zero attached hydrogens (tertiary/aromatic N) is 1. The summed E-state index contributed by atoms with van der Waals surface area (Å²) >= 11 is 0. The highest BCUT2D eigenvalue weighted by molar-refractivity contribution is 5.78. The zero-order valence-electron chi connectivity index (χ0n) is 11.2. The molecule has 4 heteroatoms. The van der Waals surface area contributed by atoms with Gasteiger partial charge in [-0.05, 0) is 19.8 Å². The lowest BCUT2D eigenvalue weighted by Crippen LogP contribution is -2.32. The fraction of sp³-hybridized carbons (Fsp3) is 0.846. The number of unbranched alkanes of at least 4 members (excludes halogenated alkanes) is 2. The van der Waals surface area contributed by atoms with Crippen LogP contribution in [-0.2, 0) is 4.79 Å². The van der Waals surface area contributed by atoms with Crippen LogP contribution in [0.1, 0.15) is 52.4 Å². The molecular weight excluding hydrogens is 216 g/mol. The molecule has 0 radical (unpaired) electrons. The monoisotopic (exact) mass is 240 g/mol. The van der Waals surface area contributed by atoms with Crippen molar-refractivity contribution in [3.63, 3.8) is 0 Å². The van der Waals surface area contributed by atoms with Crippen LogP contribution in [0.4, 0.5) is 4.79 Å². The van der Waals surface area contributed by atoms with Gasteiger partial charge in [-0.25, -0.2) is 4.79 Å². The summed E-state index contributed by atoms with van der Waals surface area (Å²) in [5.41, 5.74) is 0. The van der Waals surface area contributed by atoms with Crippen molar-refractivity contribution in [3.8, 4) is 0 Å². The number of urea groups is 1. The van der Waals surface area contributed by atoms with Gasteiger partial charge in [0, 0.05) is 25.9 Å². The van der Waals surface area contributed by atoms with Crippen LogP contribution < -0.4 is 5.32 Å². The summed E-state index contributed by atoms with van der Waals surface area (Å²) in [5.74, 6) is 0.355. The average Bonchev–Trinajstić information content (AvgIpc) is 2.54. The molecule has 4 nitrogen and oxygen atoms in total. The van der Waals surface area contributed by atoms with E-state index in [4.69, 9.17) is 0 Å². The standard InChI is InChI=1S/C13H24N2O2/c1-4-11(16)8-6-5-7-9-12-10(2)14-13(17)15(12)3/h10,12H,4-9H2,1-3H3,(H,14,17)/t10-,12+/m0/s1. The van der Waals surface area contributed by atoms with Crippen LogP contribution in [0.3, 0.4) is 0 Å². The number of Topliss-reactive ketones (excluding diaryl/α,β-unsaturated/α-hetero) is 1. The average molecular weight is 240 g/mol. The third kappa shape index (κ3) is 4.02. The van der Waals surface area contributed by atoms with Crippen molar-refractivity contribution in [2.45, 2.75) is 64.5 Å². The van der Waals surface area contributed by atoms with Gasteiger partial charge in [-0.15, -0.1) is 0 Å². The molecule has 1 rings (SSSR count). The Morgan fingerprint density at radius 3 is 2.59 bits per heavy atom. The van der Waals surface area contributed by atoms with Gasteiger partial charge in [0.1, 0.15) is 5.78 Å². The smallest absolute Gasteiger partial charge is 0.317 e. The van der Waals surface area contributed by atoms with Crippen LogP contribution in [0.5, 0.6) is 0 Å². The number of ketones is 1. The number of likely N-dealkylation sites (N-methyl/N-ethyl adjacent to an activating group) is 1. The quantitative estimate of drug-likeness (QED) is 0.694. The highest BCUT2D eigenvalue weighted by Gasteiger charge is 2.32. The van der Waals surface area contributed by atoms with Crippen molar-refractivity contribution in [2.75, 3.05) is 7.05 Å². The van der Waals surface area contributed by atoms with Gasteiger partial charge in [0.25, 0.3) is 0 Å². The van der Waals surface area contributed by atoms with Crippen molar-refractivity contribution >= 4 is 11.8 Å². The number of rotatable bonds is 7. The fourth-order valence-corrected chi connectivity index (χ4v) is 2.35. The van der Waals surface area contributed by atoms with Gasteiger partial charge in [0.05, 0.1) is 6.04 Å². The maximum atomic E-state index is 11.4. The number of amides is 2. The predicted molar refractivity (Wildman–Crippen MR) is 67.9 cm³/mol. The van der Waals surface area contributed by atoms with Crippen LogP contribution >= 0.6 is 0 Å². The molecule has 2 atom stereocenters. The molecule has 0 aliphatic carbocycles. The second-order valence-electron chi connectivity index (χ2n) is 4.91. The van der Waals surface area contributed by atoms with Gasteiger partial charge in [-0.2, -0.15) is 0 Å². The Bertz CT molecular complexity index is 279. The van der Waals surface area contributed by atoms with Crippen molar-refractivity contribution in [2.24, 2.45) is 0 Å². The van der Waals surface area contributed by atoms with Gasteiger partial charge in [0.15, 0.2) is 0 Å². The molecule has 0 spiro atoms. The predicted octanol–water partition coefficient (Wildman–Crippen LogP) is 2.33. The molecule has 2 amide bonds. The molecule has 0 saturated carbocycles. The molecular formula is C13H24N2O2. The van der Waals surface area contributed by atoms with Crippen molar-refractivity contribution in [3.05, 3.63) is 0 Å². The zero-order valence-corrected chi connectivity index (χ0v) is 11.2. The van der Waals surface area contributed by atoms with Crippen LogP contribution in [0.25, 0.3) is 0 Å². The first-order valence-electron chi connectivity index (χ1n) is 6.61. The Kier molecular flexibility index (Phi) is 5.45. The minimum atomic E-state index is 0.0312. The van der Waals surface area contributed by atoms with E-state index in [1.165, 1.54) is 0 Å². The third-order valence-corrected chi connectivity index (χ3v) is 3.60. The largest absolute Gasteiger partial charge is 0.333 e. The van der Waals surface area contributed by atoms with E-state index in [-0.39, 0.29) is 12.1 Å². The summed E-state index contributed by atoms with van der Waals surface area (Å²) in [6, 6.07) is 0.581. The van der Waals surface area contributed by atoms with Crippen molar-refractivity contribution in [1.29, 1.82) is 0 Å². The molecule has 1 heterocycles. The van der Waals surface area contributed by atoms with E-state index in [9.17, 15) is 9.59 Å². The third-order valence-electron chi connectivity index (χ3n) is 3.60. The van der Waals surface area contributed by atoms with Crippen molar-refractivity contribution < 1.29 is 9.59 Å². The number of carbonyl (C=O) groups is 2. The van der Waals surface area contributed by atoms with E-state index in [0.717, 1.165) is 25.7 Å². The first kappa shape index (κ1) is 14.0. The summed E-state index contributed by atoms with van der Waals surface area (Å²) in [4.78, 5) is 24.3. The first-order valence-corrected chi connectivity index (χ1v) is 6.61. The van der Waals surface area contributed by atoms with E-state index in [1.54, 1.807) is 4.90 Å². The molecule has 17 heavy (non-hydrogen) atoms. The Hall–Kier alpha value is -1.06. The molecule has 0 unspecified atom stereocenters. The molecule has 98 valence electrons. The Morgan fingerprint density at radius 1 is 1.35 bits per heavy atom. The minimum absolute atomic E-state index is 0.0312. The van der Waals surface area contributed by atoms with Crippen LogP contribution in [0.2, 0.25) is 0 Å². The molecule has 1 fully saturated rings. The highest BCUT2D eigenvalue weighted by Crippen LogP contribution is 2.18. The maximum absolute atomic E-state index is 11.4. The molecule has 1 aliphatic heterocycles. The number of carbonyl (C=O) groups excluding carboxylic acids is 2. The molecule has 0 bridgehead atoms. The van der Waals surface area contributed by atoms with Gasteiger partial charge < -0.3 is 10.2 Å². The number of nitrogens with one attached hydrogen (secondary N) is 1. The lowest BCUT2D eigenvalue weighted by molar-refractivity contribution is -0.118. The second-order valence-corrected chi connectivity index (χ2v) is 4.91. The highest BCUT2D eigenvalue weighted by atomic mass is 16.2. The maximum Gasteiger partial charge on any atom is 0.317 e.